The number of pyridine rings is 1. The summed E-state index contributed by atoms with van der Waals surface area (Å²) < 4.78 is 42.5. The highest BCUT2D eigenvalue weighted by Gasteiger charge is 2.30. The van der Waals surface area contributed by atoms with E-state index in [2.05, 4.69) is 4.72 Å². The largest absolute Gasteiger partial charge is 0.496 e. The summed E-state index contributed by atoms with van der Waals surface area (Å²) >= 11 is 0. The van der Waals surface area contributed by atoms with E-state index in [1.54, 1.807) is 21.3 Å². The maximum atomic E-state index is 13.0. The number of ether oxygens (including phenoxy) is 2. The van der Waals surface area contributed by atoms with Gasteiger partial charge in [0.15, 0.2) is 0 Å². The van der Waals surface area contributed by atoms with Crippen molar-refractivity contribution in [1.82, 2.24) is 18.5 Å². The number of fused-ring (bicyclic) bond motifs is 1. The second-order valence-corrected chi connectivity index (χ2v) is 10.6. The first-order valence-electron chi connectivity index (χ1n) is 11.5. The van der Waals surface area contributed by atoms with Crippen LogP contribution in [0.15, 0.2) is 23.1 Å². The van der Waals surface area contributed by atoms with E-state index in [-0.39, 0.29) is 12.1 Å². The first-order valence-corrected chi connectivity index (χ1v) is 12.9. The topological polar surface area (TPSA) is 93.1 Å². The van der Waals surface area contributed by atoms with E-state index in [1.807, 2.05) is 44.2 Å². The second-order valence-electron chi connectivity index (χ2n) is 8.85. The van der Waals surface area contributed by atoms with E-state index >= 15 is 0 Å². The lowest BCUT2D eigenvalue weighted by Crippen LogP contribution is -2.45. The minimum absolute atomic E-state index is 0.0459. The molecule has 0 amide bonds. The number of unbranched alkanes of at least 4 members (excludes halogenated alkanes) is 1. The van der Waals surface area contributed by atoms with Crippen LogP contribution in [0.1, 0.15) is 36.5 Å². The number of benzene rings is 1. The smallest absolute Gasteiger partial charge is 0.279 e. The van der Waals surface area contributed by atoms with Gasteiger partial charge in [-0.15, -0.1) is 0 Å². The second kappa shape index (κ2) is 10.9. The fraction of sp³-hybridized carbons (Fsp3) is 0.542. The predicted octanol–water partition coefficient (Wildman–Crippen LogP) is 2.12. The average molecular weight is 493 g/mol. The third-order valence-corrected chi connectivity index (χ3v) is 7.64. The van der Waals surface area contributed by atoms with E-state index in [0.29, 0.717) is 43.1 Å². The zero-order chi connectivity index (χ0) is 25.0. The van der Waals surface area contributed by atoms with Crippen LogP contribution in [0.2, 0.25) is 0 Å². The van der Waals surface area contributed by atoms with Gasteiger partial charge in [-0.25, -0.2) is 4.72 Å². The van der Waals surface area contributed by atoms with Gasteiger partial charge >= 0.3 is 0 Å². The van der Waals surface area contributed by atoms with E-state index in [0.717, 1.165) is 35.1 Å². The lowest BCUT2D eigenvalue weighted by molar-refractivity contribution is 0.349. The molecule has 1 N–H and O–H groups in total. The Morgan fingerprint density at radius 3 is 2.32 bits per heavy atom. The van der Waals surface area contributed by atoms with Crippen LogP contribution in [-0.4, -0.2) is 63.6 Å². The molecular weight excluding hydrogens is 456 g/mol. The molecule has 0 unspecified atom stereocenters. The third kappa shape index (κ3) is 5.46. The monoisotopic (exact) mass is 492 g/mol. The van der Waals surface area contributed by atoms with Gasteiger partial charge in [0, 0.05) is 50.6 Å². The highest BCUT2D eigenvalue weighted by Crippen LogP contribution is 2.38. The van der Waals surface area contributed by atoms with Crippen molar-refractivity contribution in [1.29, 1.82) is 0 Å². The highest BCUT2D eigenvalue weighted by atomic mass is 32.2. The number of hydrogen-bond donors (Lipinski definition) is 1. The fourth-order valence-corrected chi connectivity index (χ4v) is 5.53. The Kier molecular flexibility index (Phi) is 8.40. The summed E-state index contributed by atoms with van der Waals surface area (Å²) in [4.78, 5) is 15.1. The van der Waals surface area contributed by atoms with Crippen LogP contribution in [0.5, 0.6) is 11.5 Å². The zero-order valence-corrected chi connectivity index (χ0v) is 21.8. The molecule has 0 aliphatic carbocycles. The van der Waals surface area contributed by atoms with E-state index in [4.69, 9.17) is 9.47 Å². The normalized spacial score (nSPS) is 14.3. The summed E-state index contributed by atoms with van der Waals surface area (Å²) in [5.74, 6) is 1.40. The molecular formula is C24H36N4O5S. The summed E-state index contributed by atoms with van der Waals surface area (Å²) in [6.07, 6.45) is 3.92. The lowest BCUT2D eigenvalue weighted by Gasteiger charge is -2.29. The maximum absolute atomic E-state index is 13.0. The molecule has 0 saturated heterocycles. The Morgan fingerprint density at radius 2 is 1.76 bits per heavy atom. The van der Waals surface area contributed by atoms with Crippen LogP contribution in [0.25, 0.3) is 11.1 Å². The van der Waals surface area contributed by atoms with Crippen molar-refractivity contribution < 1.29 is 17.9 Å². The molecule has 1 aliphatic heterocycles. The fourth-order valence-electron chi connectivity index (χ4n) is 4.31. The Bertz CT molecular complexity index is 1170. The molecule has 10 heteroatoms. The average Bonchev–Trinajstić information content (AvgIpc) is 2.81. The van der Waals surface area contributed by atoms with E-state index < -0.39 is 10.2 Å². The van der Waals surface area contributed by atoms with Gasteiger partial charge < -0.3 is 18.9 Å². The minimum Gasteiger partial charge on any atom is -0.496 e. The summed E-state index contributed by atoms with van der Waals surface area (Å²) in [5.41, 5.74) is 3.86. The van der Waals surface area contributed by atoms with Gasteiger partial charge in [-0.2, -0.15) is 12.7 Å². The van der Waals surface area contributed by atoms with Crippen molar-refractivity contribution >= 4 is 10.2 Å². The number of methoxy groups -OCH3 is 2. The summed E-state index contributed by atoms with van der Waals surface area (Å²) in [5, 5.41) is 0. The Hall–Kier alpha value is -2.40. The van der Waals surface area contributed by atoms with Gasteiger partial charge in [0.25, 0.3) is 15.8 Å². The molecule has 1 aromatic heterocycles. The van der Waals surface area contributed by atoms with Crippen molar-refractivity contribution in [3.05, 3.63) is 45.4 Å². The molecule has 0 spiro atoms. The SMILES string of the molecule is CCCCNS(=O)(=O)N1CCc2c(-c3cc(OC)c(CN(C)C)c(OC)c3)cn(C)c(=O)c2C1. The molecule has 0 radical (unpaired) electrons. The number of hydrogen-bond acceptors (Lipinski definition) is 6. The molecule has 2 heterocycles. The standard InChI is InChI=1S/C24H36N4O5S/c1-7-8-10-25-34(30,31)28-11-9-18-19(15-27(4)24(29)20(18)16-28)17-12-22(32-5)21(14-26(2)3)23(13-17)33-6/h12-13,15,25H,7-11,14,16H2,1-6H3. The quantitative estimate of drug-likeness (QED) is 0.511. The number of nitrogens with zero attached hydrogens (tertiary/aromatic N) is 3. The summed E-state index contributed by atoms with van der Waals surface area (Å²) in [7, 11) is 5.25. The van der Waals surface area contributed by atoms with Crippen molar-refractivity contribution in [2.24, 2.45) is 7.05 Å². The van der Waals surface area contributed by atoms with E-state index in [1.165, 1.54) is 8.87 Å². The Balaban J connectivity index is 2.07. The number of aryl methyl sites for hydroxylation is 1. The van der Waals surface area contributed by atoms with Crippen molar-refractivity contribution in [2.45, 2.75) is 39.3 Å². The molecule has 1 aliphatic rings. The highest BCUT2D eigenvalue weighted by molar-refractivity contribution is 7.87. The van der Waals surface area contributed by atoms with Crippen LogP contribution in [0, 0.1) is 0 Å². The van der Waals surface area contributed by atoms with Gasteiger partial charge in [-0.3, -0.25) is 4.79 Å². The number of nitrogens with one attached hydrogen (secondary N) is 1. The van der Waals surface area contributed by atoms with Crippen LogP contribution in [-0.2, 0) is 36.8 Å². The molecule has 3 rings (SSSR count). The van der Waals surface area contributed by atoms with Crippen molar-refractivity contribution in [3.63, 3.8) is 0 Å². The predicted molar refractivity (Wildman–Crippen MR) is 134 cm³/mol. The Labute approximate surface area is 202 Å². The van der Waals surface area contributed by atoms with Crippen LogP contribution in [0.4, 0.5) is 0 Å². The molecule has 0 bridgehead atoms. The van der Waals surface area contributed by atoms with Crippen LogP contribution >= 0.6 is 0 Å². The molecule has 2 aromatic rings. The zero-order valence-electron chi connectivity index (χ0n) is 21.0. The lowest BCUT2D eigenvalue weighted by atomic mass is 9.92. The van der Waals surface area contributed by atoms with Crippen LogP contribution < -0.4 is 19.8 Å². The van der Waals surface area contributed by atoms with Crippen molar-refractivity contribution in [2.75, 3.05) is 41.4 Å². The van der Waals surface area contributed by atoms with Gasteiger partial charge in [-0.1, -0.05) is 13.3 Å². The summed E-state index contributed by atoms with van der Waals surface area (Å²) in [6, 6.07) is 3.91. The molecule has 0 fully saturated rings. The molecule has 0 atom stereocenters. The molecule has 188 valence electrons. The van der Waals surface area contributed by atoms with Gasteiger partial charge in [0.1, 0.15) is 11.5 Å². The van der Waals surface area contributed by atoms with Gasteiger partial charge in [-0.05, 0) is 50.2 Å². The minimum atomic E-state index is -3.65. The molecule has 1 aromatic carbocycles. The summed E-state index contributed by atoms with van der Waals surface area (Å²) in [6.45, 7) is 3.40. The van der Waals surface area contributed by atoms with Crippen LogP contribution in [0.3, 0.4) is 0 Å². The van der Waals surface area contributed by atoms with Gasteiger partial charge in [0.2, 0.25) is 0 Å². The van der Waals surface area contributed by atoms with E-state index in [9.17, 15) is 13.2 Å². The van der Waals surface area contributed by atoms with Crippen molar-refractivity contribution in [3.8, 4) is 22.6 Å². The molecule has 9 nitrogen and oxygen atoms in total. The molecule has 34 heavy (non-hydrogen) atoms. The first-order chi connectivity index (χ1) is 16.1. The number of rotatable bonds is 10. The number of aromatic nitrogens is 1. The third-order valence-electron chi connectivity index (χ3n) is 6.08. The first kappa shape index (κ1) is 26.2. The molecule has 0 saturated carbocycles. The van der Waals surface area contributed by atoms with Gasteiger partial charge in [0.05, 0.1) is 19.8 Å². The maximum Gasteiger partial charge on any atom is 0.279 e. The Morgan fingerprint density at radius 1 is 1.12 bits per heavy atom.